The second kappa shape index (κ2) is 14.2. The summed E-state index contributed by atoms with van der Waals surface area (Å²) in [6.45, 7) is 6.62. The largest absolute Gasteiger partial charge is 0.468 e. The molecule has 206 valence electrons. The van der Waals surface area contributed by atoms with E-state index in [1.54, 1.807) is 18.2 Å². The number of hydrogen-bond acceptors (Lipinski definition) is 6. The number of ether oxygens (including phenoxy) is 4. The summed E-state index contributed by atoms with van der Waals surface area (Å²) in [7, 11) is 0. The summed E-state index contributed by atoms with van der Waals surface area (Å²) in [5.41, 5.74) is 9.46. The molecular formula is C27H33F3N4O4. The maximum absolute atomic E-state index is 14.0. The number of rotatable bonds is 11. The Labute approximate surface area is 220 Å². The van der Waals surface area contributed by atoms with E-state index in [4.69, 9.17) is 24.5 Å². The fraction of sp³-hybridized carbons (Fsp3) is 0.519. The second-order valence-corrected chi connectivity index (χ2v) is 9.45. The van der Waals surface area contributed by atoms with Gasteiger partial charge in [-0.25, -0.2) is 4.99 Å². The van der Waals surface area contributed by atoms with Gasteiger partial charge in [0.25, 0.3) is 5.90 Å². The molecule has 1 saturated heterocycles. The van der Waals surface area contributed by atoms with Crippen molar-refractivity contribution in [2.75, 3.05) is 19.8 Å². The summed E-state index contributed by atoms with van der Waals surface area (Å²) in [6, 6.07) is 17.1. The van der Waals surface area contributed by atoms with Gasteiger partial charge in [0, 0.05) is 18.1 Å². The smallest absolute Gasteiger partial charge is 0.441 e. The van der Waals surface area contributed by atoms with Gasteiger partial charge in [-0.1, -0.05) is 74.4 Å². The van der Waals surface area contributed by atoms with Crippen LogP contribution in [-0.2, 0) is 25.6 Å². The molecule has 1 fully saturated rings. The lowest BCUT2D eigenvalue weighted by Gasteiger charge is -2.44. The number of hydrogen-bond donors (Lipinski definition) is 0. The summed E-state index contributed by atoms with van der Waals surface area (Å²) >= 11 is 0. The Balaban J connectivity index is 1.80. The van der Waals surface area contributed by atoms with Crippen molar-refractivity contribution in [3.8, 4) is 0 Å². The molecule has 38 heavy (non-hydrogen) atoms. The monoisotopic (exact) mass is 534 g/mol. The van der Waals surface area contributed by atoms with E-state index in [1.165, 1.54) is 12.1 Å². The van der Waals surface area contributed by atoms with Crippen LogP contribution in [0.2, 0.25) is 0 Å². The normalized spacial score (nSPS) is 24.9. The molecule has 0 aliphatic carbocycles. The van der Waals surface area contributed by atoms with Crippen LogP contribution >= 0.6 is 0 Å². The molecule has 0 amide bonds. The molecule has 1 heterocycles. The summed E-state index contributed by atoms with van der Waals surface area (Å²) < 4.78 is 65.4. The lowest BCUT2D eigenvalue weighted by molar-refractivity contribution is -0.271. The van der Waals surface area contributed by atoms with Gasteiger partial charge < -0.3 is 18.9 Å². The Kier molecular flexibility index (Phi) is 11.0. The number of nitrogens with zero attached hydrogens (tertiary/aromatic N) is 4. The van der Waals surface area contributed by atoms with Gasteiger partial charge in [0.05, 0.1) is 25.0 Å². The lowest BCUT2D eigenvalue weighted by atomic mass is 9.83. The summed E-state index contributed by atoms with van der Waals surface area (Å²) in [4.78, 5) is 6.46. The van der Waals surface area contributed by atoms with Crippen molar-refractivity contribution in [3.05, 3.63) is 76.7 Å². The molecule has 11 heteroatoms. The zero-order chi connectivity index (χ0) is 27.5. The maximum atomic E-state index is 14.0. The van der Waals surface area contributed by atoms with Gasteiger partial charge in [-0.2, -0.15) is 13.2 Å². The molecule has 0 bridgehead atoms. The third-order valence-corrected chi connectivity index (χ3v) is 6.39. The van der Waals surface area contributed by atoms with Crippen molar-refractivity contribution in [1.29, 1.82) is 0 Å². The Morgan fingerprint density at radius 1 is 1.05 bits per heavy atom. The van der Waals surface area contributed by atoms with Crippen LogP contribution < -0.4 is 0 Å². The SMILES string of the molecule is CC(CN=[N+]=[N-])COCC1OC(OC(=Nc2ccccc2)C(F)(F)F)C(OCc2ccccc2)[C@@H](C)[C@@H]1C. The molecule has 0 N–H and O–H groups in total. The third-order valence-electron chi connectivity index (χ3n) is 6.39. The van der Waals surface area contributed by atoms with Crippen LogP contribution in [0.3, 0.4) is 0 Å². The minimum Gasteiger partial charge on any atom is -0.441 e. The molecule has 6 atom stereocenters. The van der Waals surface area contributed by atoms with E-state index in [0.29, 0.717) is 6.61 Å². The Morgan fingerprint density at radius 2 is 1.71 bits per heavy atom. The first-order chi connectivity index (χ1) is 18.2. The molecule has 2 aromatic carbocycles. The topological polar surface area (TPSA) is 98.0 Å². The first-order valence-electron chi connectivity index (χ1n) is 12.5. The van der Waals surface area contributed by atoms with Crippen molar-refractivity contribution >= 4 is 11.6 Å². The van der Waals surface area contributed by atoms with Crippen LogP contribution in [0.1, 0.15) is 26.3 Å². The summed E-state index contributed by atoms with van der Waals surface area (Å²) in [5.74, 6) is -1.76. The van der Waals surface area contributed by atoms with Gasteiger partial charge in [-0.05, 0) is 41.0 Å². The molecule has 1 aliphatic rings. The van der Waals surface area contributed by atoms with Gasteiger partial charge in [0.2, 0.25) is 6.29 Å². The lowest BCUT2D eigenvalue weighted by Crippen LogP contribution is -2.54. The van der Waals surface area contributed by atoms with Crippen LogP contribution in [0, 0.1) is 17.8 Å². The number of benzene rings is 2. The fourth-order valence-electron chi connectivity index (χ4n) is 4.04. The Morgan fingerprint density at radius 3 is 2.34 bits per heavy atom. The molecule has 0 aromatic heterocycles. The van der Waals surface area contributed by atoms with Crippen LogP contribution in [-0.4, -0.2) is 50.3 Å². The maximum Gasteiger partial charge on any atom is 0.468 e. The molecule has 4 unspecified atom stereocenters. The molecule has 0 spiro atoms. The quantitative estimate of drug-likeness (QED) is 0.104. The highest BCUT2D eigenvalue weighted by atomic mass is 19.4. The summed E-state index contributed by atoms with van der Waals surface area (Å²) in [5, 5.41) is 3.53. The molecule has 1 aliphatic heterocycles. The van der Waals surface area contributed by atoms with Crippen molar-refractivity contribution in [1.82, 2.24) is 0 Å². The van der Waals surface area contributed by atoms with Crippen LogP contribution in [0.5, 0.6) is 0 Å². The zero-order valence-electron chi connectivity index (χ0n) is 21.6. The van der Waals surface area contributed by atoms with Crippen molar-refractivity contribution in [2.24, 2.45) is 27.9 Å². The molecule has 2 aromatic rings. The number of aliphatic imine (C=N–C) groups is 1. The van der Waals surface area contributed by atoms with E-state index in [2.05, 4.69) is 15.0 Å². The van der Waals surface area contributed by atoms with Crippen LogP contribution in [0.4, 0.5) is 18.9 Å². The Hall–Kier alpha value is -3.11. The minimum atomic E-state index is -4.85. The van der Waals surface area contributed by atoms with Gasteiger partial charge >= 0.3 is 6.18 Å². The van der Waals surface area contributed by atoms with Gasteiger partial charge in [0.15, 0.2) is 0 Å². The zero-order valence-corrected chi connectivity index (χ0v) is 21.6. The molecule has 3 rings (SSSR count). The van der Waals surface area contributed by atoms with E-state index in [-0.39, 0.29) is 43.2 Å². The van der Waals surface area contributed by atoms with E-state index < -0.39 is 30.6 Å². The molecule has 0 radical (unpaired) electrons. The molecular weight excluding hydrogens is 501 g/mol. The highest BCUT2D eigenvalue weighted by molar-refractivity contribution is 5.84. The standard InChI is InChI=1S/C27H33F3N4O4/c1-18(14-32-34-31)15-35-17-23-19(2)20(3)24(36-16-21-10-6-4-7-11-21)25(37-23)38-26(27(28,29)30)33-22-12-8-5-9-13-22/h4-13,18-20,23-25H,14-17H2,1-3H3/t18?,19-,20-,23?,24?,25?/m0/s1. The highest BCUT2D eigenvalue weighted by Crippen LogP contribution is 2.36. The van der Waals surface area contributed by atoms with E-state index in [1.807, 2.05) is 51.1 Å². The number of para-hydroxylation sites is 1. The van der Waals surface area contributed by atoms with E-state index >= 15 is 0 Å². The minimum absolute atomic E-state index is 0.0222. The summed E-state index contributed by atoms with van der Waals surface area (Å²) in [6.07, 6.45) is -7.57. The van der Waals surface area contributed by atoms with Gasteiger partial charge in [-0.3, -0.25) is 0 Å². The average Bonchev–Trinajstić information content (AvgIpc) is 2.90. The van der Waals surface area contributed by atoms with Crippen LogP contribution in [0.25, 0.3) is 10.4 Å². The predicted octanol–water partition coefficient (Wildman–Crippen LogP) is 6.84. The third kappa shape index (κ3) is 8.73. The first kappa shape index (κ1) is 29.4. The first-order valence-corrected chi connectivity index (χ1v) is 12.5. The Bertz CT molecular complexity index is 1060. The number of halogens is 3. The van der Waals surface area contributed by atoms with Gasteiger partial charge in [0.1, 0.15) is 6.10 Å². The van der Waals surface area contributed by atoms with Crippen LogP contribution in [0.15, 0.2) is 70.8 Å². The number of alkyl halides is 3. The predicted molar refractivity (Wildman–Crippen MR) is 137 cm³/mol. The molecule has 8 nitrogen and oxygen atoms in total. The average molecular weight is 535 g/mol. The molecule has 0 saturated carbocycles. The highest BCUT2D eigenvalue weighted by Gasteiger charge is 2.48. The van der Waals surface area contributed by atoms with E-state index in [0.717, 1.165) is 5.56 Å². The fourth-order valence-corrected chi connectivity index (χ4v) is 4.04. The second-order valence-electron chi connectivity index (χ2n) is 9.45. The van der Waals surface area contributed by atoms with Crippen molar-refractivity contribution < 1.29 is 32.1 Å². The number of azide groups is 1. The van der Waals surface area contributed by atoms with Gasteiger partial charge in [-0.15, -0.1) is 0 Å². The van der Waals surface area contributed by atoms with Crippen molar-refractivity contribution in [3.63, 3.8) is 0 Å². The van der Waals surface area contributed by atoms with Crippen molar-refractivity contribution in [2.45, 2.75) is 52.1 Å². The van der Waals surface area contributed by atoms with E-state index in [9.17, 15) is 13.2 Å².